The Hall–Kier alpha value is -0.600. The second-order valence-corrected chi connectivity index (χ2v) is 7.89. The van der Waals surface area contributed by atoms with Gasteiger partial charge in [-0.2, -0.15) is 0 Å². The lowest BCUT2D eigenvalue weighted by atomic mass is 9.96. The number of hydrogen-bond acceptors (Lipinski definition) is 15. The van der Waals surface area contributed by atoms with Crippen molar-refractivity contribution < 1.29 is 74.7 Å². The minimum atomic E-state index is -1.85. The maximum absolute atomic E-state index is 10.7. The molecule has 0 radical (unpaired) electrons. The molecule has 3 heterocycles. The highest BCUT2D eigenvalue weighted by molar-refractivity contribution is 4.95. The van der Waals surface area contributed by atoms with Gasteiger partial charge in [0, 0.05) is 0 Å². The van der Waals surface area contributed by atoms with Crippen molar-refractivity contribution in [1.82, 2.24) is 0 Å². The first-order valence-electron chi connectivity index (χ1n) is 10.00. The molecule has 32 heavy (non-hydrogen) atoms. The molecule has 3 aliphatic rings. The van der Waals surface area contributed by atoms with Gasteiger partial charge in [-0.15, -0.1) is 0 Å². The molecule has 3 aliphatic heterocycles. The zero-order valence-electron chi connectivity index (χ0n) is 16.7. The summed E-state index contributed by atoms with van der Waals surface area (Å²) in [6, 6.07) is 0. The standard InChI is InChI=1S/C17H30O15/c18-1-5-7(21)9(23)10(24)16(29-5)32-14-8(22)6(2-19)30-17(12(14)26)31-13-4(20)3-28-15(27)11(13)25/h4-27H,1-3H2/t4-,5+,6+,7-,8-,9-,10+,11-,12+,13+,14-,15+,16+,17+/m0/s1. The van der Waals surface area contributed by atoms with Crippen LogP contribution in [0.3, 0.4) is 0 Å². The molecule has 0 spiro atoms. The van der Waals surface area contributed by atoms with E-state index in [1.807, 2.05) is 0 Å². The normalized spacial score (nSPS) is 52.7. The minimum Gasteiger partial charge on any atom is -0.394 e. The Morgan fingerprint density at radius 1 is 0.594 bits per heavy atom. The van der Waals surface area contributed by atoms with Gasteiger partial charge in [-0.1, -0.05) is 0 Å². The summed E-state index contributed by atoms with van der Waals surface area (Å²) < 4.78 is 26.1. The first kappa shape index (κ1) is 26.0. The van der Waals surface area contributed by atoms with Crippen LogP contribution in [0.4, 0.5) is 0 Å². The van der Waals surface area contributed by atoms with Crippen LogP contribution in [0.5, 0.6) is 0 Å². The van der Waals surface area contributed by atoms with Gasteiger partial charge in [-0.25, -0.2) is 0 Å². The summed E-state index contributed by atoms with van der Waals surface area (Å²) in [6.45, 7) is -1.91. The molecule has 0 aromatic carbocycles. The molecule has 0 aromatic rings. The molecule has 0 bridgehead atoms. The molecule has 10 N–H and O–H groups in total. The number of hydrogen-bond donors (Lipinski definition) is 10. The van der Waals surface area contributed by atoms with E-state index >= 15 is 0 Å². The molecule has 0 saturated carbocycles. The second kappa shape index (κ2) is 10.8. The zero-order chi connectivity index (χ0) is 23.7. The van der Waals surface area contributed by atoms with Gasteiger partial charge >= 0.3 is 0 Å². The first-order valence-corrected chi connectivity index (χ1v) is 10.00. The van der Waals surface area contributed by atoms with Crippen molar-refractivity contribution >= 4 is 0 Å². The van der Waals surface area contributed by atoms with Crippen LogP contribution in [0.25, 0.3) is 0 Å². The van der Waals surface area contributed by atoms with Gasteiger partial charge in [-0.05, 0) is 0 Å². The van der Waals surface area contributed by atoms with Crippen LogP contribution < -0.4 is 0 Å². The minimum absolute atomic E-state index is 0.400. The van der Waals surface area contributed by atoms with E-state index in [1.165, 1.54) is 0 Å². The highest BCUT2D eigenvalue weighted by Gasteiger charge is 2.52. The molecule has 0 aromatic heterocycles. The topological polar surface area (TPSA) is 248 Å². The number of aliphatic hydroxyl groups excluding tert-OH is 10. The smallest absolute Gasteiger partial charge is 0.187 e. The van der Waals surface area contributed by atoms with E-state index < -0.39 is 106 Å². The SMILES string of the molecule is OC[C@H]1O[C@H](O[C@H]2[C@@H](O)[C@@H](CO)O[C@H](O[C@H]3[C@H](O)[C@H](O)OC[C@@H]3O)[C@@H]2O)[C@H](O)[C@@H](O)[C@H]1O. The van der Waals surface area contributed by atoms with Crippen molar-refractivity contribution in [3.63, 3.8) is 0 Å². The third-order valence-electron chi connectivity index (χ3n) is 5.70. The third-order valence-corrected chi connectivity index (χ3v) is 5.70. The quantitative estimate of drug-likeness (QED) is 0.172. The second-order valence-electron chi connectivity index (χ2n) is 7.89. The van der Waals surface area contributed by atoms with Crippen LogP contribution in [0, 0.1) is 0 Å². The molecule has 3 fully saturated rings. The molecule has 0 unspecified atom stereocenters. The van der Waals surface area contributed by atoms with Crippen LogP contribution in [0.1, 0.15) is 0 Å². The Morgan fingerprint density at radius 3 is 1.72 bits per heavy atom. The zero-order valence-corrected chi connectivity index (χ0v) is 16.7. The van der Waals surface area contributed by atoms with Crippen LogP contribution in [-0.2, 0) is 23.7 Å². The third kappa shape index (κ3) is 5.07. The van der Waals surface area contributed by atoms with Crippen molar-refractivity contribution in [3.05, 3.63) is 0 Å². The largest absolute Gasteiger partial charge is 0.394 e. The van der Waals surface area contributed by atoms with Gasteiger partial charge in [0.2, 0.25) is 0 Å². The molecule has 0 aliphatic carbocycles. The van der Waals surface area contributed by atoms with Gasteiger partial charge in [-0.3, -0.25) is 0 Å². The number of ether oxygens (including phenoxy) is 5. The molecule has 15 nitrogen and oxygen atoms in total. The lowest BCUT2D eigenvalue weighted by molar-refractivity contribution is -0.375. The molecule has 3 rings (SSSR count). The fourth-order valence-corrected chi connectivity index (χ4v) is 3.77. The van der Waals surface area contributed by atoms with E-state index in [0.717, 1.165) is 0 Å². The summed E-state index contributed by atoms with van der Waals surface area (Å²) in [7, 11) is 0. The molecule has 15 heteroatoms. The van der Waals surface area contributed by atoms with Gasteiger partial charge < -0.3 is 74.7 Å². The van der Waals surface area contributed by atoms with Crippen LogP contribution in [0.2, 0.25) is 0 Å². The predicted octanol–water partition coefficient (Wildman–Crippen LogP) is -6.93. The molecule has 188 valence electrons. The van der Waals surface area contributed by atoms with Crippen molar-refractivity contribution in [3.8, 4) is 0 Å². The van der Waals surface area contributed by atoms with Gasteiger partial charge in [0.1, 0.15) is 67.1 Å². The van der Waals surface area contributed by atoms with Gasteiger partial charge in [0.15, 0.2) is 18.9 Å². The lowest BCUT2D eigenvalue weighted by Gasteiger charge is -2.47. The summed E-state index contributed by atoms with van der Waals surface area (Å²) in [4.78, 5) is 0. The van der Waals surface area contributed by atoms with E-state index in [4.69, 9.17) is 23.7 Å². The van der Waals surface area contributed by atoms with Gasteiger partial charge in [0.25, 0.3) is 0 Å². The van der Waals surface area contributed by atoms with E-state index in [1.54, 1.807) is 0 Å². The Bertz CT molecular complexity index is 594. The summed E-state index contributed by atoms with van der Waals surface area (Å²) in [6.07, 6.45) is -22.9. The lowest BCUT2D eigenvalue weighted by Crippen LogP contribution is -2.66. The molecule has 14 atom stereocenters. The average Bonchev–Trinajstić information content (AvgIpc) is 2.78. The maximum atomic E-state index is 10.7. The predicted molar refractivity (Wildman–Crippen MR) is 95.2 cm³/mol. The summed E-state index contributed by atoms with van der Waals surface area (Å²) in [5, 5.41) is 99.5. The monoisotopic (exact) mass is 474 g/mol. The van der Waals surface area contributed by atoms with E-state index in [-0.39, 0.29) is 0 Å². The summed E-state index contributed by atoms with van der Waals surface area (Å²) in [5.74, 6) is 0. The average molecular weight is 474 g/mol. The number of aliphatic hydroxyl groups is 10. The van der Waals surface area contributed by atoms with E-state index in [2.05, 4.69) is 0 Å². The van der Waals surface area contributed by atoms with Crippen molar-refractivity contribution in [2.24, 2.45) is 0 Å². The molecular weight excluding hydrogens is 444 g/mol. The number of rotatable bonds is 6. The Labute approximate surface area is 181 Å². The first-order chi connectivity index (χ1) is 15.1. The molecule has 0 amide bonds. The van der Waals surface area contributed by atoms with Crippen molar-refractivity contribution in [2.45, 2.75) is 86.0 Å². The van der Waals surface area contributed by atoms with Crippen LogP contribution >= 0.6 is 0 Å². The van der Waals surface area contributed by atoms with Crippen LogP contribution in [-0.4, -0.2) is 157 Å². The van der Waals surface area contributed by atoms with E-state index in [9.17, 15) is 51.1 Å². The van der Waals surface area contributed by atoms with E-state index in [0.29, 0.717) is 0 Å². The van der Waals surface area contributed by atoms with Crippen molar-refractivity contribution in [1.29, 1.82) is 0 Å². The fraction of sp³-hybridized carbons (Fsp3) is 1.00. The maximum Gasteiger partial charge on any atom is 0.187 e. The summed E-state index contributed by atoms with van der Waals surface area (Å²) >= 11 is 0. The highest BCUT2D eigenvalue weighted by Crippen LogP contribution is 2.31. The molecular formula is C17H30O15. The Morgan fingerprint density at radius 2 is 1.12 bits per heavy atom. The Kier molecular flexibility index (Phi) is 8.75. The van der Waals surface area contributed by atoms with Crippen molar-refractivity contribution in [2.75, 3.05) is 19.8 Å². The molecule has 3 saturated heterocycles. The summed E-state index contributed by atoms with van der Waals surface area (Å²) in [5.41, 5.74) is 0. The highest BCUT2D eigenvalue weighted by atomic mass is 16.7. The Balaban J connectivity index is 1.76. The fourth-order valence-electron chi connectivity index (χ4n) is 3.77. The van der Waals surface area contributed by atoms with Crippen LogP contribution in [0.15, 0.2) is 0 Å². The van der Waals surface area contributed by atoms with Gasteiger partial charge in [0.05, 0.1) is 19.8 Å².